The molecule has 8 nitrogen and oxygen atoms in total. The maximum Gasteiger partial charge on any atom is 0.251 e. The minimum Gasteiger partial charge on any atom is -0.468 e. The SMILES string of the molecule is CC(NC(=O)c1ccc(S(=O)(=O)NCc2ccco2)cc1)c1ccc(-n2ccnc2)cc1. The van der Waals surface area contributed by atoms with E-state index in [1.165, 1.54) is 30.5 Å². The molecule has 1 unspecified atom stereocenters. The third-order valence-electron chi connectivity index (χ3n) is 4.99. The maximum atomic E-state index is 12.6. The van der Waals surface area contributed by atoms with Gasteiger partial charge in [0.25, 0.3) is 5.91 Å². The normalized spacial score (nSPS) is 12.4. The number of hydrogen-bond donors (Lipinski definition) is 2. The van der Waals surface area contributed by atoms with Crippen molar-refractivity contribution in [2.24, 2.45) is 0 Å². The molecule has 4 aromatic rings. The lowest BCUT2D eigenvalue weighted by atomic mass is 10.1. The van der Waals surface area contributed by atoms with E-state index in [0.29, 0.717) is 11.3 Å². The molecular weight excluding hydrogens is 428 g/mol. The number of amides is 1. The summed E-state index contributed by atoms with van der Waals surface area (Å²) in [5, 5.41) is 2.93. The number of rotatable bonds is 8. The van der Waals surface area contributed by atoms with E-state index < -0.39 is 10.0 Å². The first-order valence-corrected chi connectivity index (χ1v) is 11.4. The van der Waals surface area contributed by atoms with Gasteiger partial charge in [-0.2, -0.15) is 0 Å². The molecule has 0 spiro atoms. The molecule has 0 saturated carbocycles. The van der Waals surface area contributed by atoms with Crippen molar-refractivity contribution >= 4 is 15.9 Å². The van der Waals surface area contributed by atoms with Crippen molar-refractivity contribution < 1.29 is 17.6 Å². The number of nitrogens with zero attached hydrogens (tertiary/aromatic N) is 2. The summed E-state index contributed by atoms with van der Waals surface area (Å²) in [6.07, 6.45) is 6.77. The van der Waals surface area contributed by atoms with Crippen molar-refractivity contribution in [3.05, 3.63) is 103 Å². The minimum absolute atomic E-state index is 0.0503. The number of sulfonamides is 1. The molecule has 2 heterocycles. The third-order valence-corrected chi connectivity index (χ3v) is 6.40. The Morgan fingerprint density at radius 2 is 1.84 bits per heavy atom. The Hall–Kier alpha value is -3.69. The molecular formula is C23H22N4O4S. The fourth-order valence-electron chi connectivity index (χ4n) is 3.16. The van der Waals surface area contributed by atoms with Crippen LogP contribution in [0.4, 0.5) is 0 Å². The van der Waals surface area contributed by atoms with E-state index in [1.54, 1.807) is 24.7 Å². The van der Waals surface area contributed by atoms with Gasteiger partial charge in [0, 0.05) is 23.6 Å². The third kappa shape index (κ3) is 4.96. The standard InChI is InChI=1S/C23H22N4O4S/c1-17(18-4-8-20(9-5-18)27-13-12-24-16-27)26-23(28)19-6-10-22(11-7-19)32(29,30)25-15-21-3-2-14-31-21/h2-14,16-17,25H,15H2,1H3,(H,26,28). The van der Waals surface area contributed by atoms with Crippen LogP contribution in [0.3, 0.4) is 0 Å². The molecule has 0 radical (unpaired) electrons. The molecule has 2 N–H and O–H groups in total. The molecule has 0 aliphatic carbocycles. The van der Waals surface area contributed by atoms with Crippen LogP contribution in [0.2, 0.25) is 0 Å². The molecule has 32 heavy (non-hydrogen) atoms. The maximum absolute atomic E-state index is 12.6. The highest BCUT2D eigenvalue weighted by molar-refractivity contribution is 7.89. The molecule has 0 aliphatic rings. The van der Waals surface area contributed by atoms with Crippen LogP contribution in [0.25, 0.3) is 5.69 Å². The fourth-order valence-corrected chi connectivity index (χ4v) is 4.15. The van der Waals surface area contributed by atoms with Crippen molar-refractivity contribution in [3.63, 3.8) is 0 Å². The van der Waals surface area contributed by atoms with Crippen molar-refractivity contribution in [2.75, 3.05) is 0 Å². The van der Waals surface area contributed by atoms with Crippen molar-refractivity contribution in [1.29, 1.82) is 0 Å². The zero-order valence-electron chi connectivity index (χ0n) is 17.3. The number of aromatic nitrogens is 2. The first-order chi connectivity index (χ1) is 15.4. The van der Waals surface area contributed by atoms with Gasteiger partial charge in [-0.25, -0.2) is 18.1 Å². The Labute approximate surface area is 186 Å². The zero-order valence-corrected chi connectivity index (χ0v) is 18.1. The van der Waals surface area contributed by atoms with Gasteiger partial charge in [-0.15, -0.1) is 0 Å². The highest BCUT2D eigenvalue weighted by Gasteiger charge is 2.16. The molecule has 9 heteroatoms. The number of benzene rings is 2. The second-order valence-corrected chi connectivity index (χ2v) is 8.95. The van der Waals surface area contributed by atoms with Gasteiger partial charge >= 0.3 is 0 Å². The molecule has 0 aliphatic heterocycles. The average molecular weight is 451 g/mol. The van der Waals surface area contributed by atoms with E-state index in [4.69, 9.17) is 4.42 Å². The van der Waals surface area contributed by atoms with Crippen LogP contribution >= 0.6 is 0 Å². The summed E-state index contributed by atoms with van der Waals surface area (Å²) in [5.74, 6) is 0.222. The molecule has 2 aromatic heterocycles. The summed E-state index contributed by atoms with van der Waals surface area (Å²) in [7, 11) is -3.72. The first-order valence-electron chi connectivity index (χ1n) is 9.94. The number of hydrogen-bond acceptors (Lipinski definition) is 5. The van der Waals surface area contributed by atoms with E-state index in [2.05, 4.69) is 15.0 Å². The zero-order chi connectivity index (χ0) is 22.6. The van der Waals surface area contributed by atoms with E-state index in [-0.39, 0.29) is 23.4 Å². The second kappa shape index (κ2) is 9.21. The highest BCUT2D eigenvalue weighted by Crippen LogP contribution is 2.17. The smallest absolute Gasteiger partial charge is 0.251 e. The van der Waals surface area contributed by atoms with Crippen molar-refractivity contribution in [1.82, 2.24) is 19.6 Å². The molecule has 164 valence electrons. The number of carbonyl (C=O) groups is 1. The Bertz CT molecular complexity index is 1270. The van der Waals surface area contributed by atoms with E-state index in [0.717, 1.165) is 11.3 Å². The Morgan fingerprint density at radius 3 is 2.47 bits per heavy atom. The van der Waals surface area contributed by atoms with E-state index in [9.17, 15) is 13.2 Å². The molecule has 0 fully saturated rings. The van der Waals surface area contributed by atoms with Gasteiger partial charge in [0.1, 0.15) is 5.76 Å². The number of carbonyl (C=O) groups excluding carboxylic acids is 1. The van der Waals surface area contributed by atoms with Crippen LogP contribution in [0, 0.1) is 0 Å². The van der Waals surface area contributed by atoms with Crippen LogP contribution in [-0.2, 0) is 16.6 Å². The van der Waals surface area contributed by atoms with Crippen molar-refractivity contribution in [2.45, 2.75) is 24.4 Å². The molecule has 0 saturated heterocycles. The number of furan rings is 1. The summed E-state index contributed by atoms with van der Waals surface area (Å²) in [6.45, 7) is 1.94. The Morgan fingerprint density at radius 1 is 1.09 bits per heavy atom. The van der Waals surface area contributed by atoms with Gasteiger partial charge in [0.05, 0.1) is 30.1 Å². The van der Waals surface area contributed by atoms with Crippen LogP contribution < -0.4 is 10.0 Å². The fraction of sp³-hybridized carbons (Fsp3) is 0.130. The van der Waals surface area contributed by atoms with Gasteiger partial charge in [-0.05, 0) is 61.0 Å². The van der Waals surface area contributed by atoms with Gasteiger partial charge in [0.2, 0.25) is 10.0 Å². The first kappa shape index (κ1) is 21.5. The summed E-state index contributed by atoms with van der Waals surface area (Å²) in [6, 6.07) is 16.7. The summed E-state index contributed by atoms with van der Waals surface area (Å²) in [4.78, 5) is 16.7. The van der Waals surface area contributed by atoms with Crippen LogP contribution in [0.5, 0.6) is 0 Å². The van der Waals surface area contributed by atoms with E-state index in [1.807, 2.05) is 42.0 Å². The molecule has 4 rings (SSSR count). The molecule has 1 amide bonds. The predicted octanol–water partition coefficient (Wildman–Crippen LogP) is 3.43. The summed E-state index contributed by atoms with van der Waals surface area (Å²) >= 11 is 0. The van der Waals surface area contributed by atoms with Gasteiger partial charge < -0.3 is 14.3 Å². The summed E-state index contributed by atoms with van der Waals surface area (Å²) in [5.41, 5.74) is 2.29. The topological polar surface area (TPSA) is 106 Å². The lowest BCUT2D eigenvalue weighted by Gasteiger charge is -2.15. The van der Waals surface area contributed by atoms with Crippen LogP contribution in [0.15, 0.2) is 95.0 Å². The van der Waals surface area contributed by atoms with Crippen LogP contribution in [-0.4, -0.2) is 23.9 Å². The monoisotopic (exact) mass is 450 g/mol. The average Bonchev–Trinajstić information content (AvgIpc) is 3.52. The lowest BCUT2D eigenvalue weighted by Crippen LogP contribution is -2.27. The Balaban J connectivity index is 1.38. The largest absolute Gasteiger partial charge is 0.468 e. The quantitative estimate of drug-likeness (QED) is 0.428. The van der Waals surface area contributed by atoms with Gasteiger partial charge in [0.15, 0.2) is 0 Å². The van der Waals surface area contributed by atoms with Gasteiger partial charge in [-0.3, -0.25) is 4.79 Å². The number of imidazole rings is 1. The summed E-state index contributed by atoms with van der Waals surface area (Å²) < 4.78 is 34.3. The molecule has 0 bridgehead atoms. The van der Waals surface area contributed by atoms with Crippen LogP contribution in [0.1, 0.15) is 34.6 Å². The van der Waals surface area contributed by atoms with Crippen molar-refractivity contribution in [3.8, 4) is 5.69 Å². The molecule has 2 aromatic carbocycles. The van der Waals surface area contributed by atoms with Gasteiger partial charge in [-0.1, -0.05) is 12.1 Å². The minimum atomic E-state index is -3.72. The lowest BCUT2D eigenvalue weighted by molar-refractivity contribution is 0.0940. The molecule has 1 atom stereocenters. The second-order valence-electron chi connectivity index (χ2n) is 7.18. The highest BCUT2D eigenvalue weighted by atomic mass is 32.2. The Kier molecular flexibility index (Phi) is 6.20. The predicted molar refractivity (Wildman–Crippen MR) is 119 cm³/mol. The number of nitrogens with one attached hydrogen (secondary N) is 2. The van der Waals surface area contributed by atoms with E-state index >= 15 is 0 Å².